The van der Waals surface area contributed by atoms with E-state index in [-0.39, 0.29) is 0 Å². The molecule has 1 atom stereocenters. The molecule has 1 heterocycles. The van der Waals surface area contributed by atoms with Crippen molar-refractivity contribution in [3.63, 3.8) is 0 Å². The Labute approximate surface area is 140 Å². The molecule has 126 valence electrons. The molecule has 1 aromatic carbocycles. The zero-order valence-corrected chi connectivity index (χ0v) is 14.4. The number of hydrogen-bond donors (Lipinski definition) is 1. The fourth-order valence-corrected chi connectivity index (χ4v) is 3.45. The first-order chi connectivity index (χ1) is 11.3. The van der Waals surface area contributed by atoms with Crippen LogP contribution in [0.2, 0.25) is 0 Å². The van der Waals surface area contributed by atoms with Gasteiger partial charge in [0.25, 0.3) is 0 Å². The quantitative estimate of drug-likeness (QED) is 0.801. The zero-order chi connectivity index (χ0) is 16.5. The van der Waals surface area contributed by atoms with Crippen LogP contribution >= 0.6 is 0 Å². The molecule has 0 saturated carbocycles. The molecule has 1 N–H and O–H groups in total. The molecule has 2 rings (SSSR count). The van der Waals surface area contributed by atoms with Crippen molar-refractivity contribution >= 4 is 0 Å². The average molecular weight is 315 g/mol. The van der Waals surface area contributed by atoms with Crippen LogP contribution in [0.4, 0.5) is 0 Å². The lowest BCUT2D eigenvalue weighted by atomic mass is 9.92. The summed E-state index contributed by atoms with van der Waals surface area (Å²) < 4.78 is 5.50. The Hall–Kier alpha value is -1.41. The van der Waals surface area contributed by atoms with E-state index in [4.69, 9.17) is 10.00 Å². The van der Waals surface area contributed by atoms with Crippen LogP contribution in [0.1, 0.15) is 37.8 Å². The molecule has 0 aromatic heterocycles. The number of nitrogens with one attached hydrogen (secondary N) is 1. The second-order valence-electron chi connectivity index (χ2n) is 6.24. The predicted molar refractivity (Wildman–Crippen MR) is 93.1 cm³/mol. The fourth-order valence-electron chi connectivity index (χ4n) is 3.45. The summed E-state index contributed by atoms with van der Waals surface area (Å²) in [7, 11) is 0. The van der Waals surface area contributed by atoms with Crippen molar-refractivity contribution in [2.45, 2.75) is 39.3 Å². The number of morpholine rings is 1. The standard InChI is InChI=1S/C19H29N3O/c1-3-18(4-2)19(22-8-10-23-11-9-22)15-21-14-17-7-5-6-16(12-17)13-20/h5-7,12,18-19,21H,3-4,8-11,14-15H2,1-2H3. The van der Waals surface area contributed by atoms with Crippen molar-refractivity contribution in [3.8, 4) is 6.07 Å². The van der Waals surface area contributed by atoms with Crippen LogP contribution in [0.25, 0.3) is 0 Å². The van der Waals surface area contributed by atoms with E-state index in [1.165, 1.54) is 18.4 Å². The van der Waals surface area contributed by atoms with Crippen molar-refractivity contribution in [3.05, 3.63) is 35.4 Å². The molecule has 4 heteroatoms. The zero-order valence-electron chi connectivity index (χ0n) is 14.4. The van der Waals surface area contributed by atoms with Crippen molar-refractivity contribution in [1.29, 1.82) is 5.26 Å². The van der Waals surface area contributed by atoms with E-state index >= 15 is 0 Å². The van der Waals surface area contributed by atoms with Gasteiger partial charge >= 0.3 is 0 Å². The Morgan fingerprint density at radius 1 is 1.26 bits per heavy atom. The summed E-state index contributed by atoms with van der Waals surface area (Å²) in [6.07, 6.45) is 2.42. The largest absolute Gasteiger partial charge is 0.379 e. The third kappa shape index (κ3) is 5.31. The first kappa shape index (κ1) is 17.9. The number of nitrogens with zero attached hydrogens (tertiary/aromatic N) is 2. The lowest BCUT2D eigenvalue weighted by Crippen LogP contribution is -2.51. The van der Waals surface area contributed by atoms with E-state index in [1.54, 1.807) is 0 Å². The van der Waals surface area contributed by atoms with Gasteiger partial charge in [0, 0.05) is 32.2 Å². The Morgan fingerprint density at radius 2 is 2.00 bits per heavy atom. The SMILES string of the molecule is CCC(CC)C(CNCc1cccc(C#N)c1)N1CCOCC1. The van der Waals surface area contributed by atoms with Crippen molar-refractivity contribution < 1.29 is 4.74 Å². The van der Waals surface area contributed by atoms with Crippen molar-refractivity contribution in [2.24, 2.45) is 5.92 Å². The summed E-state index contributed by atoms with van der Waals surface area (Å²) in [4.78, 5) is 2.58. The average Bonchev–Trinajstić information content (AvgIpc) is 2.62. The van der Waals surface area contributed by atoms with E-state index in [2.05, 4.69) is 36.2 Å². The van der Waals surface area contributed by atoms with Crippen LogP contribution in [-0.2, 0) is 11.3 Å². The molecule has 0 aliphatic carbocycles. The van der Waals surface area contributed by atoms with Crippen LogP contribution in [0.3, 0.4) is 0 Å². The lowest BCUT2D eigenvalue weighted by Gasteiger charge is -2.39. The highest BCUT2D eigenvalue weighted by molar-refractivity contribution is 5.32. The smallest absolute Gasteiger partial charge is 0.0991 e. The molecule has 23 heavy (non-hydrogen) atoms. The molecule has 1 saturated heterocycles. The van der Waals surface area contributed by atoms with Crippen molar-refractivity contribution in [2.75, 3.05) is 32.8 Å². The van der Waals surface area contributed by atoms with Gasteiger partial charge in [-0.25, -0.2) is 0 Å². The molecular weight excluding hydrogens is 286 g/mol. The third-order valence-corrected chi connectivity index (χ3v) is 4.85. The summed E-state index contributed by atoms with van der Waals surface area (Å²) in [5.74, 6) is 0.714. The van der Waals surface area contributed by atoms with Gasteiger partial charge in [-0.1, -0.05) is 38.8 Å². The molecule has 1 unspecified atom stereocenters. The summed E-state index contributed by atoms with van der Waals surface area (Å²) in [5, 5.41) is 12.6. The first-order valence-corrected chi connectivity index (χ1v) is 8.80. The minimum Gasteiger partial charge on any atom is -0.379 e. The van der Waals surface area contributed by atoms with Crippen LogP contribution < -0.4 is 5.32 Å². The second-order valence-corrected chi connectivity index (χ2v) is 6.24. The monoisotopic (exact) mass is 315 g/mol. The maximum Gasteiger partial charge on any atom is 0.0991 e. The molecule has 1 aromatic rings. The Kier molecular flexibility index (Phi) is 7.54. The molecule has 1 aliphatic heterocycles. The van der Waals surface area contributed by atoms with Gasteiger partial charge in [0.05, 0.1) is 24.8 Å². The van der Waals surface area contributed by atoms with Gasteiger partial charge in [-0.05, 0) is 23.6 Å². The van der Waals surface area contributed by atoms with E-state index in [1.807, 2.05) is 18.2 Å². The van der Waals surface area contributed by atoms with Crippen LogP contribution in [0, 0.1) is 17.2 Å². The van der Waals surface area contributed by atoms with Gasteiger partial charge in [0.15, 0.2) is 0 Å². The van der Waals surface area contributed by atoms with Gasteiger partial charge < -0.3 is 10.1 Å². The topological polar surface area (TPSA) is 48.3 Å². The molecule has 0 spiro atoms. The van der Waals surface area contributed by atoms with Gasteiger partial charge in [0.1, 0.15) is 0 Å². The normalized spacial score (nSPS) is 17.1. The molecule has 1 fully saturated rings. The van der Waals surface area contributed by atoms with Crippen LogP contribution in [-0.4, -0.2) is 43.8 Å². The molecule has 4 nitrogen and oxygen atoms in total. The minimum absolute atomic E-state index is 0.563. The Morgan fingerprint density at radius 3 is 2.65 bits per heavy atom. The number of ether oxygens (including phenoxy) is 1. The van der Waals surface area contributed by atoms with E-state index in [0.717, 1.165) is 45.0 Å². The highest BCUT2D eigenvalue weighted by atomic mass is 16.5. The lowest BCUT2D eigenvalue weighted by molar-refractivity contribution is 0.00161. The number of nitriles is 1. The van der Waals surface area contributed by atoms with Gasteiger partial charge in [-0.2, -0.15) is 5.26 Å². The number of benzene rings is 1. The van der Waals surface area contributed by atoms with Crippen LogP contribution in [0.15, 0.2) is 24.3 Å². The first-order valence-electron chi connectivity index (χ1n) is 8.80. The molecule has 1 aliphatic rings. The van der Waals surface area contributed by atoms with Crippen molar-refractivity contribution in [1.82, 2.24) is 10.2 Å². The molecular formula is C19H29N3O. The summed E-state index contributed by atoms with van der Waals surface area (Å²) in [6, 6.07) is 10.6. The molecule has 0 radical (unpaired) electrons. The predicted octanol–water partition coefficient (Wildman–Crippen LogP) is 2.78. The minimum atomic E-state index is 0.563. The van der Waals surface area contributed by atoms with Gasteiger partial charge in [-0.3, -0.25) is 4.90 Å². The molecule has 0 amide bonds. The maximum absolute atomic E-state index is 8.99. The summed E-state index contributed by atoms with van der Waals surface area (Å²) in [5.41, 5.74) is 1.91. The van der Waals surface area contributed by atoms with Crippen LogP contribution in [0.5, 0.6) is 0 Å². The number of hydrogen-bond acceptors (Lipinski definition) is 4. The van der Waals surface area contributed by atoms with E-state index in [0.29, 0.717) is 12.0 Å². The fraction of sp³-hybridized carbons (Fsp3) is 0.632. The number of rotatable bonds is 8. The highest BCUT2D eigenvalue weighted by Crippen LogP contribution is 2.19. The van der Waals surface area contributed by atoms with Gasteiger partial charge in [0.2, 0.25) is 0 Å². The van der Waals surface area contributed by atoms with E-state index < -0.39 is 0 Å². The Balaban J connectivity index is 1.93. The third-order valence-electron chi connectivity index (χ3n) is 4.85. The Bertz CT molecular complexity index is 502. The maximum atomic E-state index is 8.99. The van der Waals surface area contributed by atoms with E-state index in [9.17, 15) is 0 Å². The van der Waals surface area contributed by atoms with Gasteiger partial charge in [-0.15, -0.1) is 0 Å². The summed E-state index contributed by atoms with van der Waals surface area (Å²) >= 11 is 0. The second kappa shape index (κ2) is 9.67. The highest BCUT2D eigenvalue weighted by Gasteiger charge is 2.26. The molecule has 0 bridgehead atoms. The summed E-state index contributed by atoms with van der Waals surface area (Å²) in [6.45, 7) is 10.1.